The molecule has 0 unspecified atom stereocenters. The van der Waals surface area contributed by atoms with Crippen molar-refractivity contribution in [3.63, 3.8) is 0 Å². The third-order valence-electron chi connectivity index (χ3n) is 4.30. The van der Waals surface area contributed by atoms with Crippen molar-refractivity contribution in [2.75, 3.05) is 16.8 Å². The van der Waals surface area contributed by atoms with Crippen LogP contribution in [0.1, 0.15) is 54.0 Å². The lowest BCUT2D eigenvalue weighted by molar-refractivity contribution is -0.116. The normalized spacial score (nSPS) is 13.0. The Kier molecular flexibility index (Phi) is 5.43. The van der Waals surface area contributed by atoms with Crippen LogP contribution in [-0.4, -0.2) is 28.6 Å². The van der Waals surface area contributed by atoms with Gasteiger partial charge in [0.15, 0.2) is 0 Å². The maximum atomic E-state index is 12.4. The fourth-order valence-electron chi connectivity index (χ4n) is 2.97. The minimum Gasteiger partial charge on any atom is -0.312 e. The van der Waals surface area contributed by atoms with Crippen LogP contribution in [0.15, 0.2) is 18.2 Å². The van der Waals surface area contributed by atoms with Crippen LogP contribution in [0.3, 0.4) is 0 Å². The summed E-state index contributed by atoms with van der Waals surface area (Å²) >= 11 is 1.43. The molecular formula is C18H22N4O2S. The van der Waals surface area contributed by atoms with Crippen LogP contribution in [0.5, 0.6) is 0 Å². The molecule has 0 atom stereocenters. The van der Waals surface area contributed by atoms with E-state index < -0.39 is 0 Å². The van der Waals surface area contributed by atoms with Crippen molar-refractivity contribution in [2.24, 2.45) is 0 Å². The molecule has 1 aliphatic heterocycles. The molecule has 0 saturated heterocycles. The highest BCUT2D eigenvalue weighted by molar-refractivity contribution is 7.15. The van der Waals surface area contributed by atoms with Crippen molar-refractivity contribution in [1.29, 1.82) is 0 Å². The Hall–Kier alpha value is -2.28. The number of amides is 2. The Labute approximate surface area is 151 Å². The van der Waals surface area contributed by atoms with Crippen LogP contribution in [0.2, 0.25) is 0 Å². The number of aryl methyl sites for hydroxylation is 1. The molecular weight excluding hydrogens is 336 g/mol. The number of rotatable bonds is 6. The molecule has 7 heteroatoms. The molecule has 25 heavy (non-hydrogen) atoms. The first-order valence-electron chi connectivity index (χ1n) is 8.63. The lowest BCUT2D eigenvalue weighted by Crippen LogP contribution is -2.25. The van der Waals surface area contributed by atoms with Gasteiger partial charge < -0.3 is 4.90 Å². The zero-order valence-corrected chi connectivity index (χ0v) is 15.4. The van der Waals surface area contributed by atoms with Gasteiger partial charge in [0, 0.05) is 31.1 Å². The number of hydrogen-bond acceptors (Lipinski definition) is 5. The van der Waals surface area contributed by atoms with Gasteiger partial charge in [-0.15, -0.1) is 10.2 Å². The first kappa shape index (κ1) is 17.5. The maximum Gasteiger partial charge on any atom is 0.257 e. The van der Waals surface area contributed by atoms with Gasteiger partial charge >= 0.3 is 0 Å². The smallest absolute Gasteiger partial charge is 0.257 e. The lowest BCUT2D eigenvalue weighted by atomic mass is 10.1. The van der Waals surface area contributed by atoms with E-state index in [0.717, 1.165) is 35.5 Å². The van der Waals surface area contributed by atoms with Gasteiger partial charge in [0.25, 0.3) is 5.91 Å². The van der Waals surface area contributed by atoms with E-state index in [1.54, 1.807) is 17.9 Å². The van der Waals surface area contributed by atoms with Crippen molar-refractivity contribution in [1.82, 2.24) is 10.2 Å². The summed E-state index contributed by atoms with van der Waals surface area (Å²) in [5, 5.41) is 12.5. The number of benzene rings is 1. The molecule has 1 aromatic heterocycles. The Morgan fingerprint density at radius 2 is 2.12 bits per heavy atom. The van der Waals surface area contributed by atoms with Crippen molar-refractivity contribution < 1.29 is 9.59 Å². The second-order valence-corrected chi connectivity index (χ2v) is 7.24. The summed E-state index contributed by atoms with van der Waals surface area (Å²) in [5.74, 6) is -0.166. The van der Waals surface area contributed by atoms with Gasteiger partial charge in [0.1, 0.15) is 5.01 Å². The molecule has 1 N–H and O–H groups in total. The number of unbranched alkanes of at least 4 members (excludes halogenated alkanes) is 2. The predicted molar refractivity (Wildman–Crippen MR) is 99.3 cm³/mol. The number of aromatic nitrogens is 2. The first-order chi connectivity index (χ1) is 12.1. The molecule has 0 aliphatic carbocycles. The highest BCUT2D eigenvalue weighted by Gasteiger charge is 2.23. The zero-order valence-electron chi connectivity index (χ0n) is 14.5. The van der Waals surface area contributed by atoms with Crippen molar-refractivity contribution >= 4 is 34.0 Å². The summed E-state index contributed by atoms with van der Waals surface area (Å²) in [7, 11) is 0. The molecule has 2 aromatic rings. The second-order valence-electron chi connectivity index (χ2n) is 6.18. The molecule has 0 radical (unpaired) electrons. The molecule has 2 amide bonds. The number of fused-ring (bicyclic) bond motifs is 1. The largest absolute Gasteiger partial charge is 0.312 e. The molecule has 132 valence electrons. The third-order valence-corrected chi connectivity index (χ3v) is 5.20. The summed E-state index contributed by atoms with van der Waals surface area (Å²) in [6.45, 7) is 4.40. The summed E-state index contributed by atoms with van der Waals surface area (Å²) in [6, 6.07) is 5.45. The average Bonchev–Trinajstić information content (AvgIpc) is 3.21. The molecule has 0 bridgehead atoms. The van der Waals surface area contributed by atoms with Crippen LogP contribution < -0.4 is 10.2 Å². The predicted octanol–water partition coefficient (Wildman–Crippen LogP) is 3.43. The Bertz CT molecular complexity index is 787. The second kappa shape index (κ2) is 7.74. The molecule has 3 rings (SSSR count). The van der Waals surface area contributed by atoms with E-state index in [9.17, 15) is 9.59 Å². The van der Waals surface area contributed by atoms with Crippen LogP contribution in [-0.2, 0) is 17.6 Å². The molecule has 0 spiro atoms. The summed E-state index contributed by atoms with van der Waals surface area (Å²) in [4.78, 5) is 25.8. The highest BCUT2D eigenvalue weighted by Crippen LogP contribution is 2.29. The lowest BCUT2D eigenvalue weighted by Gasteiger charge is -2.14. The fourth-order valence-corrected chi connectivity index (χ4v) is 3.75. The van der Waals surface area contributed by atoms with Gasteiger partial charge in [-0.1, -0.05) is 31.1 Å². The summed E-state index contributed by atoms with van der Waals surface area (Å²) in [6.07, 6.45) is 5.11. The Morgan fingerprint density at radius 1 is 1.28 bits per heavy atom. The van der Waals surface area contributed by atoms with Gasteiger partial charge in [0.05, 0.1) is 0 Å². The summed E-state index contributed by atoms with van der Waals surface area (Å²) < 4.78 is 0. The number of nitrogens with one attached hydrogen (secondary N) is 1. The average molecular weight is 358 g/mol. The Balaban J connectivity index is 1.65. The highest BCUT2D eigenvalue weighted by atomic mass is 32.1. The number of hydrogen-bond donors (Lipinski definition) is 1. The van der Waals surface area contributed by atoms with E-state index in [4.69, 9.17) is 0 Å². The molecule has 2 heterocycles. The first-order valence-corrected chi connectivity index (χ1v) is 9.45. The van der Waals surface area contributed by atoms with Crippen LogP contribution in [0, 0.1) is 0 Å². The van der Waals surface area contributed by atoms with Gasteiger partial charge in [0.2, 0.25) is 11.0 Å². The quantitative estimate of drug-likeness (QED) is 0.803. The minimum atomic E-state index is -0.194. The van der Waals surface area contributed by atoms with Crippen molar-refractivity contribution in [3.05, 3.63) is 34.3 Å². The van der Waals surface area contributed by atoms with E-state index in [-0.39, 0.29) is 11.8 Å². The monoisotopic (exact) mass is 358 g/mol. The molecule has 1 aromatic carbocycles. The topological polar surface area (TPSA) is 75.2 Å². The minimum absolute atomic E-state index is 0.0282. The number of anilines is 2. The summed E-state index contributed by atoms with van der Waals surface area (Å²) in [5.41, 5.74) is 2.51. The number of carbonyl (C=O) groups is 2. The van der Waals surface area contributed by atoms with E-state index in [1.165, 1.54) is 24.2 Å². The molecule has 0 fully saturated rings. The molecule has 1 aliphatic rings. The molecule has 0 saturated carbocycles. The number of nitrogens with zero attached hydrogens (tertiary/aromatic N) is 3. The van der Waals surface area contributed by atoms with Gasteiger partial charge in [-0.2, -0.15) is 0 Å². The van der Waals surface area contributed by atoms with Gasteiger partial charge in [-0.05, 0) is 36.6 Å². The van der Waals surface area contributed by atoms with E-state index in [0.29, 0.717) is 17.2 Å². The van der Waals surface area contributed by atoms with Crippen LogP contribution in [0.4, 0.5) is 10.8 Å². The van der Waals surface area contributed by atoms with Crippen LogP contribution in [0.25, 0.3) is 0 Å². The van der Waals surface area contributed by atoms with Crippen molar-refractivity contribution in [2.45, 2.75) is 46.0 Å². The molecule has 6 nitrogen and oxygen atoms in total. The Morgan fingerprint density at radius 3 is 2.88 bits per heavy atom. The fraction of sp³-hybridized carbons (Fsp3) is 0.444. The SMILES string of the molecule is CCCCCc1nnc(NC(=O)c2ccc3c(c2)CCN3C(C)=O)s1. The third kappa shape index (κ3) is 4.04. The van der Waals surface area contributed by atoms with Gasteiger partial charge in [-0.25, -0.2) is 0 Å². The number of carbonyl (C=O) groups excluding carboxylic acids is 2. The zero-order chi connectivity index (χ0) is 17.8. The maximum absolute atomic E-state index is 12.4. The van der Waals surface area contributed by atoms with E-state index >= 15 is 0 Å². The standard InChI is InChI=1S/C18H22N4O2S/c1-3-4-5-6-16-20-21-18(25-16)19-17(24)14-7-8-15-13(11-14)9-10-22(15)12(2)23/h7-8,11H,3-6,9-10H2,1-2H3,(H,19,21,24). The van der Waals surface area contributed by atoms with Crippen molar-refractivity contribution in [3.8, 4) is 0 Å². The van der Waals surface area contributed by atoms with E-state index in [2.05, 4.69) is 22.4 Å². The van der Waals surface area contributed by atoms with Gasteiger partial charge in [-0.3, -0.25) is 14.9 Å². The van der Waals surface area contributed by atoms with E-state index in [1.807, 2.05) is 12.1 Å². The van der Waals surface area contributed by atoms with Crippen LogP contribution >= 0.6 is 11.3 Å².